The van der Waals surface area contributed by atoms with Crippen LogP contribution in [0.5, 0.6) is 0 Å². The van der Waals surface area contributed by atoms with Crippen molar-refractivity contribution < 1.29 is 9.59 Å². The highest BCUT2D eigenvalue weighted by Crippen LogP contribution is 2.25. The fraction of sp³-hybridized carbons (Fsp3) is 0.150. The maximum absolute atomic E-state index is 12.1. The minimum atomic E-state index is -0.129. The molecular formula is C20H18ClN3O2S. The van der Waals surface area contributed by atoms with E-state index < -0.39 is 0 Å². The van der Waals surface area contributed by atoms with E-state index in [4.69, 9.17) is 11.6 Å². The molecule has 0 bridgehead atoms. The van der Waals surface area contributed by atoms with Gasteiger partial charge in [0.25, 0.3) is 5.91 Å². The smallest absolute Gasteiger partial charge is 0.251 e. The van der Waals surface area contributed by atoms with Gasteiger partial charge in [-0.15, -0.1) is 11.3 Å². The third kappa shape index (κ3) is 5.39. The second kappa shape index (κ2) is 8.79. The summed E-state index contributed by atoms with van der Waals surface area (Å²) in [4.78, 5) is 27.8. The molecular weight excluding hydrogens is 382 g/mol. The Morgan fingerprint density at radius 3 is 2.44 bits per heavy atom. The molecule has 3 aromatic rings. The molecule has 0 aliphatic rings. The SMILES string of the molecule is CC(=O)Nc1ccc(-c2nc(CCNC(=O)c3ccc(Cl)cc3)cs2)cc1. The van der Waals surface area contributed by atoms with E-state index in [0.29, 0.717) is 23.6 Å². The molecule has 3 rings (SSSR count). The molecule has 0 aliphatic heterocycles. The molecule has 0 atom stereocenters. The minimum Gasteiger partial charge on any atom is -0.352 e. The van der Waals surface area contributed by atoms with Crippen LogP contribution in [0.15, 0.2) is 53.9 Å². The first-order chi connectivity index (χ1) is 13.0. The van der Waals surface area contributed by atoms with E-state index in [9.17, 15) is 9.59 Å². The Kier molecular flexibility index (Phi) is 6.21. The second-order valence-electron chi connectivity index (χ2n) is 5.92. The van der Waals surface area contributed by atoms with Crippen LogP contribution in [-0.2, 0) is 11.2 Å². The molecule has 0 aliphatic carbocycles. The predicted octanol–water partition coefficient (Wildman–Crippen LogP) is 4.39. The number of aromatic nitrogens is 1. The summed E-state index contributed by atoms with van der Waals surface area (Å²) < 4.78 is 0. The molecule has 0 unspecified atom stereocenters. The van der Waals surface area contributed by atoms with Crippen molar-refractivity contribution in [2.45, 2.75) is 13.3 Å². The molecule has 0 radical (unpaired) electrons. The van der Waals surface area contributed by atoms with Crippen LogP contribution >= 0.6 is 22.9 Å². The zero-order valence-corrected chi connectivity index (χ0v) is 16.2. The largest absolute Gasteiger partial charge is 0.352 e. The molecule has 0 saturated heterocycles. The number of rotatable bonds is 6. The van der Waals surface area contributed by atoms with Gasteiger partial charge >= 0.3 is 0 Å². The quantitative estimate of drug-likeness (QED) is 0.645. The van der Waals surface area contributed by atoms with Crippen molar-refractivity contribution in [2.24, 2.45) is 0 Å². The lowest BCUT2D eigenvalue weighted by Gasteiger charge is -2.04. The fourth-order valence-electron chi connectivity index (χ4n) is 2.46. The van der Waals surface area contributed by atoms with E-state index in [0.717, 1.165) is 22.0 Å². The van der Waals surface area contributed by atoms with Gasteiger partial charge in [-0.3, -0.25) is 9.59 Å². The predicted molar refractivity (Wildman–Crippen MR) is 109 cm³/mol. The van der Waals surface area contributed by atoms with Crippen LogP contribution in [0.1, 0.15) is 23.0 Å². The first-order valence-corrected chi connectivity index (χ1v) is 9.63. The number of nitrogens with one attached hydrogen (secondary N) is 2. The molecule has 2 aromatic carbocycles. The highest BCUT2D eigenvalue weighted by molar-refractivity contribution is 7.13. The van der Waals surface area contributed by atoms with Crippen molar-refractivity contribution in [1.29, 1.82) is 0 Å². The minimum absolute atomic E-state index is 0.0973. The Bertz CT molecular complexity index is 937. The van der Waals surface area contributed by atoms with Crippen LogP contribution in [0.4, 0.5) is 5.69 Å². The number of hydrogen-bond donors (Lipinski definition) is 2. The van der Waals surface area contributed by atoms with Gasteiger partial charge in [-0.25, -0.2) is 4.98 Å². The first kappa shape index (κ1) is 19.1. The Morgan fingerprint density at radius 2 is 1.78 bits per heavy atom. The maximum atomic E-state index is 12.1. The molecule has 0 saturated carbocycles. The van der Waals surface area contributed by atoms with Crippen LogP contribution in [0.2, 0.25) is 5.02 Å². The van der Waals surface area contributed by atoms with E-state index in [1.54, 1.807) is 35.6 Å². The van der Waals surface area contributed by atoms with Gasteiger partial charge in [0.2, 0.25) is 5.91 Å². The van der Waals surface area contributed by atoms with E-state index in [1.807, 2.05) is 29.6 Å². The summed E-state index contributed by atoms with van der Waals surface area (Å²) >= 11 is 7.38. The van der Waals surface area contributed by atoms with Gasteiger partial charge in [0, 0.05) is 47.1 Å². The van der Waals surface area contributed by atoms with Crippen LogP contribution in [-0.4, -0.2) is 23.3 Å². The van der Waals surface area contributed by atoms with E-state index >= 15 is 0 Å². The van der Waals surface area contributed by atoms with Gasteiger partial charge in [0.1, 0.15) is 5.01 Å². The Labute approximate surface area is 166 Å². The molecule has 5 nitrogen and oxygen atoms in total. The summed E-state index contributed by atoms with van der Waals surface area (Å²) in [5, 5.41) is 9.13. The lowest BCUT2D eigenvalue weighted by atomic mass is 10.2. The summed E-state index contributed by atoms with van der Waals surface area (Å²) in [5.41, 5.74) is 3.26. The summed E-state index contributed by atoms with van der Waals surface area (Å²) in [6, 6.07) is 14.3. The number of hydrogen-bond acceptors (Lipinski definition) is 4. The molecule has 0 fully saturated rings. The number of nitrogens with zero attached hydrogens (tertiary/aromatic N) is 1. The molecule has 2 amide bonds. The third-order valence-electron chi connectivity index (χ3n) is 3.78. The maximum Gasteiger partial charge on any atom is 0.251 e. The van der Waals surface area contributed by atoms with Crippen molar-refractivity contribution in [3.63, 3.8) is 0 Å². The van der Waals surface area contributed by atoms with Crippen LogP contribution < -0.4 is 10.6 Å². The van der Waals surface area contributed by atoms with Crippen LogP contribution in [0.3, 0.4) is 0 Å². The number of carbonyl (C=O) groups is 2. The summed E-state index contributed by atoms with van der Waals surface area (Å²) in [6.07, 6.45) is 0.653. The average Bonchev–Trinajstić information content (AvgIpc) is 3.11. The first-order valence-electron chi connectivity index (χ1n) is 8.37. The Hall–Kier alpha value is -2.70. The zero-order chi connectivity index (χ0) is 19.2. The standard InChI is InChI=1S/C20H18ClN3O2S/c1-13(25)23-17-8-4-15(5-9-17)20-24-18(12-27-20)10-11-22-19(26)14-2-6-16(21)7-3-14/h2-9,12H,10-11H2,1H3,(H,22,26)(H,23,25). The van der Waals surface area contributed by atoms with E-state index in [2.05, 4.69) is 15.6 Å². The average molecular weight is 400 g/mol. The van der Waals surface area contributed by atoms with Gasteiger partial charge in [-0.1, -0.05) is 11.6 Å². The molecule has 7 heteroatoms. The number of anilines is 1. The number of carbonyl (C=O) groups excluding carboxylic acids is 2. The third-order valence-corrected chi connectivity index (χ3v) is 4.97. The van der Waals surface area contributed by atoms with Crippen molar-refractivity contribution in [3.8, 4) is 10.6 Å². The second-order valence-corrected chi connectivity index (χ2v) is 7.21. The summed E-state index contributed by atoms with van der Waals surface area (Å²) in [7, 11) is 0. The number of amides is 2. The van der Waals surface area contributed by atoms with Crippen LogP contribution in [0.25, 0.3) is 10.6 Å². The number of halogens is 1. The van der Waals surface area contributed by atoms with Crippen molar-refractivity contribution in [1.82, 2.24) is 10.3 Å². The highest BCUT2D eigenvalue weighted by Gasteiger charge is 2.08. The van der Waals surface area contributed by atoms with Crippen LogP contribution in [0, 0.1) is 0 Å². The fourth-order valence-corrected chi connectivity index (χ4v) is 3.45. The lowest BCUT2D eigenvalue weighted by Crippen LogP contribution is -2.25. The van der Waals surface area contributed by atoms with Gasteiger partial charge in [-0.05, 0) is 48.5 Å². The topological polar surface area (TPSA) is 71.1 Å². The monoisotopic (exact) mass is 399 g/mol. The Balaban J connectivity index is 1.54. The van der Waals surface area contributed by atoms with Gasteiger partial charge in [-0.2, -0.15) is 0 Å². The van der Waals surface area contributed by atoms with E-state index in [-0.39, 0.29) is 11.8 Å². The molecule has 2 N–H and O–H groups in total. The molecule has 1 aromatic heterocycles. The van der Waals surface area contributed by atoms with Gasteiger partial charge in [0.15, 0.2) is 0 Å². The highest BCUT2D eigenvalue weighted by atomic mass is 35.5. The number of thiazole rings is 1. The molecule has 0 spiro atoms. The Morgan fingerprint density at radius 1 is 1.07 bits per heavy atom. The van der Waals surface area contributed by atoms with Gasteiger partial charge in [0.05, 0.1) is 5.69 Å². The van der Waals surface area contributed by atoms with E-state index in [1.165, 1.54) is 6.92 Å². The molecule has 27 heavy (non-hydrogen) atoms. The van der Waals surface area contributed by atoms with Crippen molar-refractivity contribution >= 4 is 40.4 Å². The summed E-state index contributed by atoms with van der Waals surface area (Å²) in [5.74, 6) is -0.226. The molecule has 138 valence electrons. The van der Waals surface area contributed by atoms with Crippen molar-refractivity contribution in [2.75, 3.05) is 11.9 Å². The van der Waals surface area contributed by atoms with Gasteiger partial charge < -0.3 is 10.6 Å². The van der Waals surface area contributed by atoms with Crippen molar-refractivity contribution in [3.05, 3.63) is 70.2 Å². The molecule has 1 heterocycles. The normalized spacial score (nSPS) is 10.4. The summed E-state index contributed by atoms with van der Waals surface area (Å²) in [6.45, 7) is 1.98. The zero-order valence-electron chi connectivity index (χ0n) is 14.7. The number of benzene rings is 2. The lowest BCUT2D eigenvalue weighted by molar-refractivity contribution is -0.114.